The van der Waals surface area contributed by atoms with Crippen molar-refractivity contribution >= 4 is 11.3 Å². The molecule has 0 spiro atoms. The normalized spacial score (nSPS) is 11.4. The third-order valence-electron chi connectivity index (χ3n) is 5.84. The van der Waals surface area contributed by atoms with Crippen LogP contribution in [0.1, 0.15) is 85.7 Å². The van der Waals surface area contributed by atoms with Crippen LogP contribution in [-0.4, -0.2) is 10.2 Å². The molecule has 0 bridgehead atoms. The van der Waals surface area contributed by atoms with Crippen molar-refractivity contribution in [1.82, 2.24) is 0 Å². The molecule has 0 unspecified atom stereocenters. The number of phenolic OH excluding ortho intramolecular Hbond substituents is 2. The standard InChI is InChI=1S/C27H34O2S.2ClH.Ti/c1-16-12-18(26(3,4)5)14-20(24(16)28)23(22-10-9-11-30-22)21-15-19(27(6,7)8)13-17(2)25(21)29;;;/h9-15,23,28-29H,1-8H3;2*1H;/q;;;+2/p-2. The Hall–Kier alpha value is -0.966. The van der Waals surface area contributed by atoms with Gasteiger partial charge >= 0.3 is 21.7 Å². The van der Waals surface area contributed by atoms with E-state index >= 15 is 0 Å². The second kappa shape index (κ2) is 11.6. The third-order valence-corrected chi connectivity index (χ3v) is 6.78. The number of thiophene rings is 1. The largest absolute Gasteiger partial charge is 2.00 e. The van der Waals surface area contributed by atoms with E-state index in [0.29, 0.717) is 11.5 Å². The number of hydrogen-bond acceptors (Lipinski definition) is 3. The molecule has 0 aliphatic carbocycles. The smallest absolute Gasteiger partial charge is 1.00 e. The zero-order valence-electron chi connectivity index (χ0n) is 20.7. The van der Waals surface area contributed by atoms with Crippen LogP contribution < -0.4 is 24.8 Å². The van der Waals surface area contributed by atoms with Crippen LogP contribution in [0.25, 0.3) is 0 Å². The van der Waals surface area contributed by atoms with Crippen molar-refractivity contribution in [2.24, 2.45) is 0 Å². The van der Waals surface area contributed by atoms with Crippen molar-refractivity contribution in [1.29, 1.82) is 0 Å². The Balaban J connectivity index is 0.00000341. The molecule has 0 atom stereocenters. The summed E-state index contributed by atoms with van der Waals surface area (Å²) in [6.45, 7) is 17.0. The number of aryl methyl sites for hydroxylation is 2. The minimum absolute atomic E-state index is 0. The molecule has 0 saturated carbocycles. The minimum Gasteiger partial charge on any atom is -1.00 e. The first-order valence-electron chi connectivity index (χ1n) is 10.5. The van der Waals surface area contributed by atoms with Crippen LogP contribution in [0.5, 0.6) is 11.5 Å². The van der Waals surface area contributed by atoms with E-state index in [1.54, 1.807) is 11.3 Å². The molecule has 0 aliphatic heterocycles. The van der Waals surface area contributed by atoms with Crippen LogP contribution in [0, 0.1) is 13.8 Å². The summed E-state index contributed by atoms with van der Waals surface area (Å²) in [4.78, 5) is 1.11. The fourth-order valence-electron chi connectivity index (χ4n) is 3.85. The summed E-state index contributed by atoms with van der Waals surface area (Å²) < 4.78 is 0. The van der Waals surface area contributed by atoms with E-state index in [0.717, 1.165) is 27.1 Å². The molecule has 1 heterocycles. The topological polar surface area (TPSA) is 40.5 Å². The first-order chi connectivity index (χ1) is 13.8. The van der Waals surface area contributed by atoms with Crippen LogP contribution in [0.3, 0.4) is 0 Å². The summed E-state index contributed by atoms with van der Waals surface area (Å²) in [7, 11) is 0. The average molecular weight is 541 g/mol. The average Bonchev–Trinajstić information content (AvgIpc) is 3.14. The molecule has 2 N–H and O–H groups in total. The minimum atomic E-state index is -0.230. The molecule has 2 aromatic carbocycles. The first-order valence-corrected chi connectivity index (χ1v) is 11.4. The van der Waals surface area contributed by atoms with Gasteiger partial charge in [-0.05, 0) is 58.4 Å². The molecular formula is C27H34Cl2O2STi. The maximum atomic E-state index is 11.1. The van der Waals surface area contributed by atoms with Gasteiger partial charge in [-0.25, -0.2) is 0 Å². The molecule has 1 aromatic heterocycles. The van der Waals surface area contributed by atoms with E-state index < -0.39 is 0 Å². The third kappa shape index (κ3) is 6.80. The van der Waals surface area contributed by atoms with E-state index in [2.05, 4.69) is 77.3 Å². The van der Waals surface area contributed by atoms with Crippen LogP contribution in [0.4, 0.5) is 0 Å². The molecule has 0 radical (unpaired) electrons. The summed E-state index contributed by atoms with van der Waals surface area (Å²) >= 11 is 1.65. The van der Waals surface area contributed by atoms with Crippen molar-refractivity contribution in [2.75, 3.05) is 0 Å². The zero-order valence-corrected chi connectivity index (χ0v) is 24.6. The van der Waals surface area contributed by atoms with E-state index in [1.807, 2.05) is 19.9 Å². The Morgan fingerprint density at radius 2 is 1.12 bits per heavy atom. The molecule has 3 aromatic rings. The van der Waals surface area contributed by atoms with Gasteiger partial charge in [0, 0.05) is 16.0 Å². The maximum absolute atomic E-state index is 11.1. The van der Waals surface area contributed by atoms with Gasteiger partial charge in [-0.3, -0.25) is 0 Å². The molecule has 0 saturated heterocycles. The maximum Gasteiger partial charge on any atom is 2.00 e. The number of hydrogen-bond donors (Lipinski definition) is 2. The first kappa shape index (κ1) is 32.0. The van der Waals surface area contributed by atoms with Crippen molar-refractivity contribution in [3.05, 3.63) is 80.0 Å². The van der Waals surface area contributed by atoms with Gasteiger partial charge in [0.2, 0.25) is 0 Å². The van der Waals surface area contributed by atoms with Crippen molar-refractivity contribution in [3.8, 4) is 11.5 Å². The Morgan fingerprint density at radius 1 is 0.727 bits per heavy atom. The quantitative estimate of drug-likeness (QED) is 0.495. The van der Waals surface area contributed by atoms with Crippen LogP contribution in [0.15, 0.2) is 41.8 Å². The number of benzene rings is 2. The van der Waals surface area contributed by atoms with Gasteiger partial charge < -0.3 is 35.0 Å². The number of phenols is 2. The van der Waals surface area contributed by atoms with E-state index in [9.17, 15) is 10.2 Å². The van der Waals surface area contributed by atoms with Gasteiger partial charge in [-0.2, -0.15) is 0 Å². The molecule has 33 heavy (non-hydrogen) atoms. The van der Waals surface area contributed by atoms with Crippen molar-refractivity contribution < 1.29 is 56.7 Å². The molecular weight excluding hydrogens is 507 g/mol. The summed E-state index contributed by atoms with van der Waals surface area (Å²) in [5.74, 6) is 0.381. The van der Waals surface area contributed by atoms with Crippen LogP contribution in [-0.2, 0) is 32.5 Å². The van der Waals surface area contributed by atoms with E-state index in [1.165, 1.54) is 11.1 Å². The summed E-state index contributed by atoms with van der Waals surface area (Å²) in [6, 6.07) is 12.5. The van der Waals surface area contributed by atoms with Gasteiger partial charge in [0.1, 0.15) is 11.5 Å². The molecule has 3 rings (SSSR count). The van der Waals surface area contributed by atoms with E-state index in [-0.39, 0.29) is 63.3 Å². The fraction of sp³-hybridized carbons (Fsp3) is 0.407. The predicted molar refractivity (Wildman–Crippen MR) is 128 cm³/mol. The SMILES string of the molecule is Cc1cc(C(C)(C)C)cc(C(c2cccs2)c2cc(C(C)(C)C)cc(C)c2O)c1O.[Cl-].[Cl-].[Ti+2]. The summed E-state index contributed by atoms with van der Waals surface area (Å²) in [6.07, 6.45) is 0. The fourth-order valence-corrected chi connectivity index (χ4v) is 4.71. The second-order valence-corrected chi connectivity index (χ2v) is 11.4. The van der Waals surface area contributed by atoms with Gasteiger partial charge in [-0.15, -0.1) is 11.3 Å². The molecule has 6 heteroatoms. The van der Waals surface area contributed by atoms with E-state index in [4.69, 9.17) is 0 Å². The predicted octanol–water partition coefficient (Wildman–Crippen LogP) is 1.56. The molecule has 0 amide bonds. The molecule has 0 aliphatic rings. The Kier molecular flexibility index (Phi) is 11.3. The van der Waals surface area contributed by atoms with Crippen LogP contribution >= 0.6 is 11.3 Å². The number of rotatable bonds is 3. The number of aromatic hydroxyl groups is 2. The monoisotopic (exact) mass is 540 g/mol. The van der Waals surface area contributed by atoms with Gasteiger partial charge in [0.05, 0.1) is 5.92 Å². The Morgan fingerprint density at radius 3 is 1.42 bits per heavy atom. The molecule has 0 fully saturated rings. The summed E-state index contributed by atoms with van der Waals surface area (Å²) in [5, 5.41) is 24.3. The Bertz CT molecular complexity index is 996. The molecule has 178 valence electrons. The second-order valence-electron chi connectivity index (χ2n) is 10.4. The van der Waals surface area contributed by atoms with Crippen molar-refractivity contribution in [2.45, 2.75) is 72.1 Å². The van der Waals surface area contributed by atoms with Crippen molar-refractivity contribution in [3.63, 3.8) is 0 Å². The zero-order chi connectivity index (χ0) is 22.4. The summed E-state index contributed by atoms with van der Waals surface area (Å²) in [5.41, 5.74) is 5.70. The molecule has 2 nitrogen and oxygen atoms in total. The van der Waals surface area contributed by atoms with Gasteiger partial charge in [0.15, 0.2) is 0 Å². The van der Waals surface area contributed by atoms with Crippen LogP contribution in [0.2, 0.25) is 0 Å². The van der Waals surface area contributed by atoms with Gasteiger partial charge in [-0.1, -0.05) is 71.9 Å². The Labute approximate surface area is 230 Å². The van der Waals surface area contributed by atoms with Gasteiger partial charge in [0.25, 0.3) is 0 Å². The number of halogens is 2.